The molecule has 1 aliphatic carbocycles. The first-order valence-electron chi connectivity index (χ1n) is 5.97. The van der Waals surface area contributed by atoms with E-state index in [1.807, 2.05) is 0 Å². The lowest BCUT2D eigenvalue weighted by atomic mass is 9.84. The van der Waals surface area contributed by atoms with Gasteiger partial charge in [-0.2, -0.15) is 0 Å². The zero-order valence-corrected chi connectivity index (χ0v) is 9.92. The Balaban J connectivity index is 2.23. The zero-order chi connectivity index (χ0) is 13.2. The molecule has 0 spiro atoms. The highest BCUT2D eigenvalue weighted by molar-refractivity contribution is 5.84. The lowest BCUT2D eigenvalue weighted by Gasteiger charge is -2.34. The largest absolute Gasteiger partial charge is 0.477 e. The van der Waals surface area contributed by atoms with Gasteiger partial charge in [0.1, 0.15) is 5.75 Å². The molecule has 1 fully saturated rings. The molecular formula is C13H15F2NO2. The van der Waals surface area contributed by atoms with Crippen LogP contribution < -0.4 is 10.5 Å². The van der Waals surface area contributed by atoms with Crippen LogP contribution in [0.15, 0.2) is 18.2 Å². The molecule has 0 unspecified atom stereocenters. The Bertz CT molecular complexity index is 456. The maximum atomic E-state index is 13.1. The molecule has 0 aliphatic heterocycles. The molecule has 2 N–H and O–H groups in total. The molecule has 1 saturated carbocycles. The number of rotatable bonds is 3. The molecule has 98 valence electrons. The van der Waals surface area contributed by atoms with Crippen molar-refractivity contribution < 1.29 is 18.3 Å². The second kappa shape index (κ2) is 4.92. The number of carbonyl (C=O) groups is 1. The van der Waals surface area contributed by atoms with Crippen molar-refractivity contribution in [1.82, 2.24) is 0 Å². The van der Waals surface area contributed by atoms with Gasteiger partial charge in [-0.15, -0.1) is 0 Å². The summed E-state index contributed by atoms with van der Waals surface area (Å²) in [6, 6.07) is 3.22. The van der Waals surface area contributed by atoms with Crippen LogP contribution in [-0.2, 0) is 4.79 Å². The van der Waals surface area contributed by atoms with Gasteiger partial charge in [0, 0.05) is 6.07 Å². The van der Waals surface area contributed by atoms with Crippen molar-refractivity contribution in [2.75, 3.05) is 0 Å². The van der Waals surface area contributed by atoms with E-state index in [2.05, 4.69) is 0 Å². The quantitative estimate of drug-likeness (QED) is 0.902. The van der Waals surface area contributed by atoms with Crippen LogP contribution in [0.4, 0.5) is 8.78 Å². The van der Waals surface area contributed by atoms with Crippen molar-refractivity contribution in [2.24, 2.45) is 5.73 Å². The minimum atomic E-state index is -1.08. The Morgan fingerprint density at radius 3 is 2.39 bits per heavy atom. The maximum Gasteiger partial charge on any atom is 0.261 e. The highest BCUT2D eigenvalue weighted by Crippen LogP contribution is 2.33. The van der Waals surface area contributed by atoms with E-state index in [1.165, 1.54) is 6.07 Å². The van der Waals surface area contributed by atoms with Crippen LogP contribution in [0.5, 0.6) is 5.75 Å². The lowest BCUT2D eigenvalue weighted by Crippen LogP contribution is -2.50. The smallest absolute Gasteiger partial charge is 0.261 e. The number of amides is 1. The highest BCUT2D eigenvalue weighted by atomic mass is 19.2. The molecule has 0 atom stereocenters. The van der Waals surface area contributed by atoms with E-state index in [0.717, 1.165) is 31.4 Å². The lowest BCUT2D eigenvalue weighted by molar-refractivity contribution is -0.136. The van der Waals surface area contributed by atoms with E-state index in [9.17, 15) is 13.6 Å². The number of hydrogen-bond acceptors (Lipinski definition) is 2. The Labute approximate surface area is 104 Å². The summed E-state index contributed by atoms with van der Waals surface area (Å²) >= 11 is 0. The monoisotopic (exact) mass is 255 g/mol. The molecule has 1 aliphatic rings. The van der Waals surface area contributed by atoms with E-state index in [-0.39, 0.29) is 5.75 Å². The molecular weight excluding hydrogens is 240 g/mol. The fourth-order valence-corrected chi connectivity index (χ4v) is 2.29. The Morgan fingerprint density at radius 2 is 1.83 bits per heavy atom. The fraction of sp³-hybridized carbons (Fsp3) is 0.462. The van der Waals surface area contributed by atoms with Gasteiger partial charge in [0.2, 0.25) is 0 Å². The summed E-state index contributed by atoms with van der Waals surface area (Å²) in [5.74, 6) is -2.36. The summed E-state index contributed by atoms with van der Waals surface area (Å²) in [5.41, 5.74) is 4.31. The van der Waals surface area contributed by atoms with Gasteiger partial charge in [0.15, 0.2) is 17.2 Å². The molecule has 0 radical (unpaired) electrons. The van der Waals surface area contributed by atoms with Gasteiger partial charge >= 0.3 is 0 Å². The van der Waals surface area contributed by atoms with Crippen LogP contribution in [0.3, 0.4) is 0 Å². The SMILES string of the molecule is NC(=O)C1(Oc2ccc(F)c(F)c2)CCCCC1. The zero-order valence-electron chi connectivity index (χ0n) is 9.92. The Kier molecular flexibility index (Phi) is 3.50. The summed E-state index contributed by atoms with van der Waals surface area (Å²) in [6.45, 7) is 0. The summed E-state index contributed by atoms with van der Waals surface area (Å²) < 4.78 is 31.5. The van der Waals surface area contributed by atoms with E-state index in [1.54, 1.807) is 0 Å². The van der Waals surface area contributed by atoms with Crippen molar-refractivity contribution in [1.29, 1.82) is 0 Å². The minimum Gasteiger partial charge on any atom is -0.477 e. The predicted molar refractivity (Wildman–Crippen MR) is 62.0 cm³/mol. The maximum absolute atomic E-state index is 13.1. The third-order valence-corrected chi connectivity index (χ3v) is 3.31. The molecule has 0 bridgehead atoms. The van der Waals surface area contributed by atoms with E-state index >= 15 is 0 Å². The number of benzene rings is 1. The average molecular weight is 255 g/mol. The number of nitrogens with two attached hydrogens (primary N) is 1. The van der Waals surface area contributed by atoms with Gasteiger partial charge in [0.25, 0.3) is 5.91 Å². The van der Waals surface area contributed by atoms with Gasteiger partial charge in [-0.3, -0.25) is 4.79 Å². The Hall–Kier alpha value is -1.65. The van der Waals surface area contributed by atoms with Gasteiger partial charge < -0.3 is 10.5 Å². The van der Waals surface area contributed by atoms with Crippen LogP contribution in [-0.4, -0.2) is 11.5 Å². The third-order valence-electron chi connectivity index (χ3n) is 3.31. The molecule has 3 nitrogen and oxygen atoms in total. The molecule has 0 heterocycles. The van der Waals surface area contributed by atoms with Crippen LogP contribution in [0.2, 0.25) is 0 Å². The summed E-state index contributed by atoms with van der Waals surface area (Å²) in [5, 5.41) is 0. The van der Waals surface area contributed by atoms with Gasteiger partial charge in [-0.05, 0) is 37.8 Å². The Morgan fingerprint density at radius 1 is 1.17 bits per heavy atom. The van der Waals surface area contributed by atoms with Crippen molar-refractivity contribution in [3.63, 3.8) is 0 Å². The second-order valence-corrected chi connectivity index (χ2v) is 4.60. The topological polar surface area (TPSA) is 52.3 Å². The first kappa shape index (κ1) is 12.8. The number of carbonyl (C=O) groups excluding carboxylic acids is 1. The first-order chi connectivity index (χ1) is 8.53. The van der Waals surface area contributed by atoms with Gasteiger partial charge in [0.05, 0.1) is 0 Å². The minimum absolute atomic E-state index is 0.134. The van der Waals surface area contributed by atoms with Crippen molar-refractivity contribution >= 4 is 5.91 Å². The van der Waals surface area contributed by atoms with Crippen LogP contribution in [0.1, 0.15) is 32.1 Å². The van der Waals surface area contributed by atoms with Crippen molar-refractivity contribution in [3.05, 3.63) is 29.8 Å². The average Bonchev–Trinajstić information content (AvgIpc) is 2.35. The molecule has 0 saturated heterocycles. The van der Waals surface area contributed by atoms with Crippen LogP contribution in [0, 0.1) is 11.6 Å². The third kappa shape index (κ3) is 2.44. The molecule has 18 heavy (non-hydrogen) atoms. The normalized spacial score (nSPS) is 18.3. The molecule has 0 aromatic heterocycles. The highest BCUT2D eigenvalue weighted by Gasteiger charge is 2.40. The van der Waals surface area contributed by atoms with Crippen molar-refractivity contribution in [3.8, 4) is 5.75 Å². The fourth-order valence-electron chi connectivity index (χ4n) is 2.29. The standard InChI is InChI=1S/C13H15F2NO2/c14-10-5-4-9(8-11(10)15)18-13(12(16)17)6-2-1-3-7-13/h4-5,8H,1-3,6-7H2,(H2,16,17). The van der Waals surface area contributed by atoms with E-state index in [4.69, 9.17) is 10.5 Å². The predicted octanol–water partition coefficient (Wildman–Crippen LogP) is 2.53. The molecule has 5 heteroatoms. The van der Waals surface area contributed by atoms with Crippen molar-refractivity contribution in [2.45, 2.75) is 37.7 Å². The first-order valence-corrected chi connectivity index (χ1v) is 5.97. The molecule has 1 amide bonds. The van der Waals surface area contributed by atoms with Gasteiger partial charge in [-0.1, -0.05) is 6.42 Å². The summed E-state index contributed by atoms with van der Waals surface area (Å²) in [7, 11) is 0. The molecule has 2 rings (SSSR count). The van der Waals surface area contributed by atoms with Crippen LogP contribution in [0.25, 0.3) is 0 Å². The van der Waals surface area contributed by atoms with E-state index < -0.39 is 23.1 Å². The second-order valence-electron chi connectivity index (χ2n) is 4.60. The van der Waals surface area contributed by atoms with E-state index in [0.29, 0.717) is 12.8 Å². The summed E-state index contributed by atoms with van der Waals surface area (Å²) in [4.78, 5) is 11.6. The number of primary amides is 1. The summed E-state index contributed by atoms with van der Waals surface area (Å²) in [6.07, 6.45) is 3.73. The molecule has 1 aromatic carbocycles. The molecule has 1 aromatic rings. The van der Waals surface area contributed by atoms with Gasteiger partial charge in [-0.25, -0.2) is 8.78 Å². The number of ether oxygens (including phenoxy) is 1. The number of halogens is 2. The number of hydrogen-bond donors (Lipinski definition) is 1. The van der Waals surface area contributed by atoms with Crippen LogP contribution >= 0.6 is 0 Å².